The third-order valence-electron chi connectivity index (χ3n) is 4.76. The second-order valence-electron chi connectivity index (χ2n) is 6.82. The van der Waals surface area contributed by atoms with E-state index in [1.807, 2.05) is 35.7 Å². The van der Waals surface area contributed by atoms with Crippen molar-refractivity contribution in [1.82, 2.24) is 14.9 Å². The van der Waals surface area contributed by atoms with Gasteiger partial charge in [0.1, 0.15) is 5.76 Å². The molecule has 0 aliphatic heterocycles. The van der Waals surface area contributed by atoms with E-state index < -0.39 is 0 Å². The van der Waals surface area contributed by atoms with Crippen LogP contribution in [0.25, 0.3) is 10.9 Å². The van der Waals surface area contributed by atoms with E-state index in [1.165, 1.54) is 0 Å². The van der Waals surface area contributed by atoms with Gasteiger partial charge in [-0.1, -0.05) is 6.07 Å². The quantitative estimate of drug-likeness (QED) is 0.473. The molecule has 4 heterocycles. The maximum Gasteiger partial charge on any atom is 0.260 e. The van der Waals surface area contributed by atoms with Crippen LogP contribution in [-0.2, 0) is 13.0 Å². The molecular weight excluding hydrogens is 386 g/mol. The van der Waals surface area contributed by atoms with Gasteiger partial charge in [-0.05, 0) is 49.1 Å². The fourth-order valence-electron chi connectivity index (χ4n) is 3.24. The highest BCUT2D eigenvalue weighted by Crippen LogP contribution is 2.15. The zero-order valence-electron chi connectivity index (χ0n) is 16.1. The number of thiophene rings is 1. The Morgan fingerprint density at radius 3 is 2.93 bits per heavy atom. The fourth-order valence-corrected chi connectivity index (χ4v) is 3.95. The van der Waals surface area contributed by atoms with E-state index in [0.717, 1.165) is 23.5 Å². The second-order valence-corrected chi connectivity index (χ2v) is 7.85. The molecule has 4 aromatic heterocycles. The van der Waals surface area contributed by atoms with Crippen LogP contribution in [-0.4, -0.2) is 22.0 Å². The molecular formula is C22H21N3O3S. The van der Waals surface area contributed by atoms with Crippen molar-refractivity contribution in [2.24, 2.45) is 0 Å². The number of carbonyl (C=O) groups is 1. The highest BCUT2D eigenvalue weighted by molar-refractivity contribution is 7.09. The Hall–Kier alpha value is -3.19. The molecule has 4 aromatic rings. The predicted molar refractivity (Wildman–Crippen MR) is 114 cm³/mol. The summed E-state index contributed by atoms with van der Waals surface area (Å²) >= 11 is 1.61. The first-order valence-corrected chi connectivity index (χ1v) is 10.3. The number of nitrogens with zero attached hydrogens (tertiary/aromatic N) is 2. The van der Waals surface area contributed by atoms with E-state index in [2.05, 4.69) is 10.3 Å². The molecule has 148 valence electrons. The smallest absolute Gasteiger partial charge is 0.260 e. The lowest BCUT2D eigenvalue weighted by molar-refractivity contribution is 0.0952. The molecule has 0 radical (unpaired) electrons. The Labute approximate surface area is 171 Å². The largest absolute Gasteiger partial charge is 0.469 e. The number of fused-ring (bicyclic) bond motifs is 1. The Balaban J connectivity index is 1.52. The summed E-state index contributed by atoms with van der Waals surface area (Å²) in [7, 11) is 0. The van der Waals surface area contributed by atoms with Crippen molar-refractivity contribution < 1.29 is 9.21 Å². The van der Waals surface area contributed by atoms with E-state index >= 15 is 0 Å². The van der Waals surface area contributed by atoms with Gasteiger partial charge in [-0.2, -0.15) is 0 Å². The lowest BCUT2D eigenvalue weighted by Gasteiger charge is -2.10. The average molecular weight is 407 g/mol. The number of carbonyl (C=O) groups excluding carboxylic acids is 1. The second kappa shape index (κ2) is 8.45. The molecule has 0 fully saturated rings. The SMILES string of the molecule is Cc1nc2ccn(Cc3cccs3)c(=O)c2cc1C(=O)NCCCc1ccco1. The van der Waals surface area contributed by atoms with Crippen LogP contribution in [0.2, 0.25) is 0 Å². The van der Waals surface area contributed by atoms with Crippen molar-refractivity contribution in [3.63, 3.8) is 0 Å². The number of furan rings is 1. The van der Waals surface area contributed by atoms with Gasteiger partial charge in [-0.15, -0.1) is 11.3 Å². The molecule has 0 atom stereocenters. The number of aryl methyl sites for hydroxylation is 2. The maximum absolute atomic E-state index is 12.9. The average Bonchev–Trinajstić information content (AvgIpc) is 3.41. The molecule has 4 rings (SSSR count). The molecule has 29 heavy (non-hydrogen) atoms. The number of amides is 1. The Kier molecular flexibility index (Phi) is 5.57. The summed E-state index contributed by atoms with van der Waals surface area (Å²) in [5.41, 5.74) is 1.50. The summed E-state index contributed by atoms with van der Waals surface area (Å²) in [6, 6.07) is 11.2. The van der Waals surface area contributed by atoms with Gasteiger partial charge < -0.3 is 14.3 Å². The molecule has 0 unspecified atom stereocenters. The minimum Gasteiger partial charge on any atom is -0.469 e. The topological polar surface area (TPSA) is 77.1 Å². The summed E-state index contributed by atoms with van der Waals surface area (Å²) in [4.78, 5) is 31.1. The summed E-state index contributed by atoms with van der Waals surface area (Å²) in [5.74, 6) is 0.679. The number of rotatable bonds is 7. The lowest BCUT2D eigenvalue weighted by atomic mass is 10.1. The predicted octanol–water partition coefficient (Wildman–Crippen LogP) is 3.77. The minimum atomic E-state index is -0.218. The van der Waals surface area contributed by atoms with Crippen molar-refractivity contribution in [3.05, 3.63) is 86.5 Å². The first kappa shape index (κ1) is 19.1. The van der Waals surface area contributed by atoms with Crippen LogP contribution in [0.4, 0.5) is 0 Å². The third kappa shape index (κ3) is 4.30. The van der Waals surface area contributed by atoms with Crippen molar-refractivity contribution in [2.45, 2.75) is 26.3 Å². The normalized spacial score (nSPS) is 11.1. The van der Waals surface area contributed by atoms with Gasteiger partial charge in [0.15, 0.2) is 0 Å². The van der Waals surface area contributed by atoms with E-state index in [1.54, 1.807) is 41.4 Å². The number of hydrogen-bond acceptors (Lipinski definition) is 5. The van der Waals surface area contributed by atoms with Gasteiger partial charge in [0.2, 0.25) is 0 Å². The van der Waals surface area contributed by atoms with Crippen LogP contribution < -0.4 is 10.9 Å². The minimum absolute atomic E-state index is 0.143. The number of aromatic nitrogens is 2. The first-order chi connectivity index (χ1) is 14.1. The van der Waals surface area contributed by atoms with E-state index in [4.69, 9.17) is 4.42 Å². The molecule has 1 amide bonds. The van der Waals surface area contributed by atoms with Crippen LogP contribution in [0, 0.1) is 6.92 Å². The van der Waals surface area contributed by atoms with Gasteiger partial charge in [0.05, 0.1) is 35.0 Å². The summed E-state index contributed by atoms with van der Waals surface area (Å²) in [5, 5.41) is 5.35. The Morgan fingerprint density at radius 2 is 2.17 bits per heavy atom. The molecule has 6 nitrogen and oxygen atoms in total. The van der Waals surface area contributed by atoms with Gasteiger partial charge in [-0.25, -0.2) is 0 Å². The summed E-state index contributed by atoms with van der Waals surface area (Å²) < 4.78 is 6.94. The van der Waals surface area contributed by atoms with Crippen molar-refractivity contribution in [1.29, 1.82) is 0 Å². The van der Waals surface area contributed by atoms with Crippen LogP contribution in [0.15, 0.2) is 63.4 Å². The number of nitrogens with one attached hydrogen (secondary N) is 1. The molecule has 0 aliphatic carbocycles. The van der Waals surface area contributed by atoms with Gasteiger partial charge in [0.25, 0.3) is 11.5 Å². The third-order valence-corrected chi connectivity index (χ3v) is 5.62. The number of pyridine rings is 2. The molecule has 1 N–H and O–H groups in total. The molecule has 7 heteroatoms. The fraction of sp³-hybridized carbons (Fsp3) is 0.227. The maximum atomic E-state index is 12.9. The first-order valence-electron chi connectivity index (χ1n) is 9.45. The van der Waals surface area contributed by atoms with Gasteiger partial charge >= 0.3 is 0 Å². The van der Waals surface area contributed by atoms with Crippen molar-refractivity contribution in [2.75, 3.05) is 6.54 Å². The van der Waals surface area contributed by atoms with E-state index in [-0.39, 0.29) is 11.5 Å². The monoisotopic (exact) mass is 407 g/mol. The zero-order chi connectivity index (χ0) is 20.2. The van der Waals surface area contributed by atoms with Crippen LogP contribution in [0.5, 0.6) is 0 Å². The molecule has 0 saturated carbocycles. The Morgan fingerprint density at radius 1 is 1.28 bits per heavy atom. The lowest BCUT2D eigenvalue weighted by Crippen LogP contribution is -2.27. The summed E-state index contributed by atoms with van der Waals surface area (Å²) in [6.07, 6.45) is 4.93. The molecule has 0 saturated heterocycles. The van der Waals surface area contributed by atoms with Crippen LogP contribution in [0.3, 0.4) is 0 Å². The van der Waals surface area contributed by atoms with Crippen molar-refractivity contribution in [3.8, 4) is 0 Å². The van der Waals surface area contributed by atoms with Crippen molar-refractivity contribution >= 4 is 28.1 Å². The molecule has 0 bridgehead atoms. The highest BCUT2D eigenvalue weighted by atomic mass is 32.1. The van der Waals surface area contributed by atoms with Crippen LogP contribution in [0.1, 0.15) is 33.1 Å². The summed E-state index contributed by atoms with van der Waals surface area (Å²) in [6.45, 7) is 2.82. The van der Waals surface area contributed by atoms with Gasteiger partial charge in [-0.3, -0.25) is 14.6 Å². The highest BCUT2D eigenvalue weighted by Gasteiger charge is 2.14. The molecule has 0 spiro atoms. The van der Waals surface area contributed by atoms with E-state index in [0.29, 0.717) is 35.2 Å². The molecule has 0 aliphatic rings. The van der Waals surface area contributed by atoms with E-state index in [9.17, 15) is 9.59 Å². The Bertz CT molecular complexity index is 1180. The van der Waals surface area contributed by atoms with Crippen LogP contribution >= 0.6 is 11.3 Å². The number of hydrogen-bond donors (Lipinski definition) is 1. The molecule has 0 aromatic carbocycles. The van der Waals surface area contributed by atoms with Gasteiger partial charge in [0, 0.05) is 24.0 Å². The standard InChI is InChI=1S/C22H21N3O3S/c1-15-18(21(26)23-9-2-5-16-6-3-11-28-16)13-19-20(24-15)8-10-25(22(19)27)14-17-7-4-12-29-17/h3-4,6-8,10-13H,2,5,9,14H2,1H3,(H,23,26). The zero-order valence-corrected chi connectivity index (χ0v) is 16.9.